The summed E-state index contributed by atoms with van der Waals surface area (Å²) in [5.41, 5.74) is 5.46. The molecule has 0 radical (unpaired) electrons. The average molecular weight is 335 g/mol. The summed E-state index contributed by atoms with van der Waals surface area (Å²) in [5.74, 6) is 0.514. The summed E-state index contributed by atoms with van der Waals surface area (Å²) in [4.78, 5) is 9.23. The first kappa shape index (κ1) is 16.1. The third-order valence-corrected chi connectivity index (χ3v) is 10.8. The fourth-order valence-corrected chi connectivity index (χ4v) is 4.92. The van der Waals surface area contributed by atoms with Crippen molar-refractivity contribution in [1.29, 1.82) is 0 Å². The maximum absolute atomic E-state index is 6.50. The molecule has 1 fully saturated rings. The quantitative estimate of drug-likeness (QED) is 0.717. The van der Waals surface area contributed by atoms with Gasteiger partial charge in [0.15, 0.2) is 8.32 Å². The summed E-state index contributed by atoms with van der Waals surface area (Å²) in [6, 6.07) is 0. The lowest BCUT2D eigenvalue weighted by atomic mass is 9.79. The van der Waals surface area contributed by atoms with E-state index in [-0.39, 0.29) is 5.04 Å². The molecule has 0 N–H and O–H groups in total. The van der Waals surface area contributed by atoms with Gasteiger partial charge in [-0.2, -0.15) is 0 Å². The van der Waals surface area contributed by atoms with Gasteiger partial charge in [-0.3, -0.25) is 4.98 Å². The second-order valence-electron chi connectivity index (χ2n) is 8.03. The highest BCUT2D eigenvalue weighted by Crippen LogP contribution is 2.45. The number of hydrogen-bond donors (Lipinski definition) is 0. The van der Waals surface area contributed by atoms with Crippen LogP contribution in [-0.2, 0) is 4.43 Å². The molecule has 5 heteroatoms. The summed E-state index contributed by atoms with van der Waals surface area (Å²) in [6.45, 7) is 13.7. The Morgan fingerprint density at radius 2 is 1.91 bits per heavy atom. The molecule has 3 nitrogen and oxygen atoms in total. The minimum atomic E-state index is -1.65. The van der Waals surface area contributed by atoms with Crippen molar-refractivity contribution in [3.8, 4) is 0 Å². The second-order valence-corrected chi connectivity index (χ2v) is 13.6. The van der Waals surface area contributed by atoms with Gasteiger partial charge in [0, 0.05) is 18.2 Å². The van der Waals surface area contributed by atoms with Crippen LogP contribution in [0.3, 0.4) is 0 Å². The van der Waals surface area contributed by atoms with E-state index in [9.17, 15) is 0 Å². The number of aromatic nitrogens is 2. The van der Waals surface area contributed by atoms with Crippen LogP contribution < -0.4 is 0 Å². The van der Waals surface area contributed by atoms with Gasteiger partial charge in [-0.05, 0) is 43.5 Å². The van der Waals surface area contributed by atoms with Crippen molar-refractivity contribution >= 4 is 29.9 Å². The fourth-order valence-electron chi connectivity index (χ4n) is 2.77. The highest BCUT2D eigenvalue weighted by molar-refractivity contribution is 7.17. The van der Waals surface area contributed by atoms with Gasteiger partial charge in [0.25, 0.3) is 0 Å². The molecule has 0 spiro atoms. The van der Waals surface area contributed by atoms with Gasteiger partial charge in [0.05, 0.1) is 15.9 Å². The van der Waals surface area contributed by atoms with Crippen molar-refractivity contribution < 1.29 is 4.43 Å². The third-order valence-electron chi connectivity index (χ3n) is 5.31. The van der Waals surface area contributed by atoms with Crippen LogP contribution in [0.25, 0.3) is 10.2 Å². The van der Waals surface area contributed by atoms with E-state index in [2.05, 4.69) is 50.8 Å². The van der Waals surface area contributed by atoms with Crippen molar-refractivity contribution in [2.24, 2.45) is 0 Å². The molecule has 2 heterocycles. The van der Waals surface area contributed by atoms with Crippen LogP contribution in [0.15, 0.2) is 11.7 Å². The molecule has 1 aliphatic rings. The maximum atomic E-state index is 6.50. The Morgan fingerprint density at radius 1 is 1.23 bits per heavy atom. The van der Waals surface area contributed by atoms with Gasteiger partial charge in [0.1, 0.15) is 5.52 Å². The molecular formula is C17H26N2OSSi. The number of hydrogen-bond acceptors (Lipinski definition) is 4. The molecule has 2 aromatic heterocycles. The predicted octanol–water partition coefficient (Wildman–Crippen LogP) is 5.27. The van der Waals surface area contributed by atoms with Crippen LogP contribution in [0, 0.1) is 6.92 Å². The normalized spacial score (nSPS) is 22.8. The minimum Gasteiger partial charge on any atom is -0.414 e. The van der Waals surface area contributed by atoms with Gasteiger partial charge >= 0.3 is 0 Å². The molecule has 120 valence electrons. The zero-order valence-electron chi connectivity index (χ0n) is 14.4. The zero-order valence-corrected chi connectivity index (χ0v) is 16.3. The van der Waals surface area contributed by atoms with Gasteiger partial charge in [-0.15, -0.1) is 11.3 Å². The van der Waals surface area contributed by atoms with Crippen LogP contribution >= 0.6 is 11.3 Å². The number of nitrogens with zero attached hydrogens (tertiary/aromatic N) is 2. The number of thiazole rings is 1. The molecule has 0 unspecified atom stereocenters. The Labute approximate surface area is 138 Å². The lowest BCUT2D eigenvalue weighted by Crippen LogP contribution is -2.47. The fraction of sp³-hybridized carbons (Fsp3) is 0.647. The molecule has 0 saturated heterocycles. The van der Waals surface area contributed by atoms with E-state index in [0.717, 1.165) is 18.4 Å². The Bertz CT molecular complexity index is 684. The van der Waals surface area contributed by atoms with Gasteiger partial charge in [-0.25, -0.2) is 4.98 Å². The average Bonchev–Trinajstić information content (AvgIpc) is 2.83. The summed E-state index contributed by atoms with van der Waals surface area (Å²) >= 11 is 1.72. The Kier molecular flexibility index (Phi) is 3.94. The third kappa shape index (κ3) is 2.74. The highest BCUT2D eigenvalue weighted by Gasteiger charge is 2.43. The molecule has 0 aliphatic heterocycles. The van der Waals surface area contributed by atoms with Crippen LogP contribution in [0.4, 0.5) is 0 Å². The van der Waals surface area contributed by atoms with E-state index in [1.54, 1.807) is 11.3 Å². The van der Waals surface area contributed by atoms with Gasteiger partial charge in [0.2, 0.25) is 0 Å². The largest absolute Gasteiger partial charge is 0.414 e. The van der Waals surface area contributed by atoms with Crippen molar-refractivity contribution in [2.45, 2.75) is 70.7 Å². The Hall–Kier alpha value is -0.783. The number of aryl methyl sites for hydroxylation is 1. The van der Waals surface area contributed by atoms with Crippen molar-refractivity contribution in [2.75, 3.05) is 0 Å². The summed E-state index contributed by atoms with van der Waals surface area (Å²) in [7, 11) is -1.65. The molecule has 0 aromatic carbocycles. The lowest BCUT2D eigenvalue weighted by molar-refractivity contribution is 0.0832. The second kappa shape index (κ2) is 5.39. The standard InChI is InChI=1S/C17H26N2OSSi/c1-11-9-18-14(15-16(11)21-10-19-15)12-7-13(8-12)20-22(5,6)17(2,3)4/h9-10,12-13H,7-8H2,1-6H3. The predicted molar refractivity (Wildman–Crippen MR) is 96.2 cm³/mol. The van der Waals surface area contributed by atoms with Gasteiger partial charge in [-0.1, -0.05) is 20.8 Å². The summed E-state index contributed by atoms with van der Waals surface area (Å²) < 4.78 is 7.79. The van der Waals surface area contributed by atoms with E-state index < -0.39 is 8.32 Å². The smallest absolute Gasteiger partial charge is 0.192 e. The van der Waals surface area contributed by atoms with Crippen LogP contribution in [-0.4, -0.2) is 24.4 Å². The van der Waals surface area contributed by atoms with Crippen LogP contribution in [0.2, 0.25) is 18.1 Å². The number of fused-ring (bicyclic) bond motifs is 1. The van der Waals surface area contributed by atoms with Crippen molar-refractivity contribution in [3.63, 3.8) is 0 Å². The van der Waals surface area contributed by atoms with Crippen molar-refractivity contribution in [3.05, 3.63) is 23.0 Å². The van der Waals surface area contributed by atoms with E-state index in [4.69, 9.17) is 4.43 Å². The minimum absolute atomic E-state index is 0.280. The Morgan fingerprint density at radius 3 is 2.55 bits per heavy atom. The van der Waals surface area contributed by atoms with Crippen LogP contribution in [0.5, 0.6) is 0 Å². The van der Waals surface area contributed by atoms with Crippen LogP contribution in [0.1, 0.15) is 50.8 Å². The topological polar surface area (TPSA) is 35.0 Å². The van der Waals surface area contributed by atoms with Crippen molar-refractivity contribution in [1.82, 2.24) is 9.97 Å². The monoisotopic (exact) mass is 334 g/mol. The maximum Gasteiger partial charge on any atom is 0.192 e. The van der Waals surface area contributed by atoms with E-state index in [0.29, 0.717) is 12.0 Å². The molecule has 22 heavy (non-hydrogen) atoms. The summed E-state index contributed by atoms with van der Waals surface area (Å²) in [5, 5.41) is 0.280. The first-order valence-corrected chi connectivity index (χ1v) is 11.8. The lowest BCUT2D eigenvalue weighted by Gasteiger charge is -2.44. The molecule has 3 rings (SSSR count). The molecule has 2 aromatic rings. The first-order chi connectivity index (χ1) is 10.2. The molecule has 0 bridgehead atoms. The Balaban J connectivity index is 1.71. The highest BCUT2D eigenvalue weighted by atomic mass is 32.1. The zero-order chi connectivity index (χ0) is 16.1. The molecule has 1 aliphatic carbocycles. The molecule has 0 amide bonds. The number of rotatable bonds is 3. The summed E-state index contributed by atoms with van der Waals surface area (Å²) in [6.07, 6.45) is 4.59. The number of pyridine rings is 1. The first-order valence-electron chi connectivity index (χ1n) is 8.05. The molecular weight excluding hydrogens is 308 g/mol. The van der Waals surface area contributed by atoms with E-state index >= 15 is 0 Å². The van der Waals surface area contributed by atoms with E-state index in [1.807, 2.05) is 11.7 Å². The molecule has 1 saturated carbocycles. The SMILES string of the molecule is Cc1cnc(C2CC(O[Si](C)(C)C(C)(C)C)C2)c2ncsc12. The van der Waals surface area contributed by atoms with E-state index in [1.165, 1.54) is 16.0 Å². The van der Waals surface area contributed by atoms with Gasteiger partial charge < -0.3 is 4.43 Å². The molecule has 0 atom stereocenters.